The Morgan fingerprint density at radius 1 is 1.12 bits per heavy atom. The highest BCUT2D eigenvalue weighted by Crippen LogP contribution is 2.22. The average molecular weight is 345 g/mol. The van der Waals surface area contributed by atoms with Gasteiger partial charge >= 0.3 is 0 Å². The molecule has 25 heavy (non-hydrogen) atoms. The predicted octanol–water partition coefficient (Wildman–Crippen LogP) is 4.79. The van der Waals surface area contributed by atoms with E-state index >= 15 is 0 Å². The van der Waals surface area contributed by atoms with Crippen molar-refractivity contribution in [3.63, 3.8) is 0 Å². The first-order valence-corrected chi connectivity index (χ1v) is 8.54. The molecule has 0 saturated heterocycles. The number of ether oxygens (including phenoxy) is 2. The number of halogens is 1. The van der Waals surface area contributed by atoms with E-state index in [2.05, 4.69) is 12.2 Å². The van der Waals surface area contributed by atoms with Crippen molar-refractivity contribution in [1.29, 1.82) is 0 Å². The normalized spacial score (nSPS) is 10.5. The molecular weight excluding hydrogens is 321 g/mol. The largest absolute Gasteiger partial charge is 0.494 e. The van der Waals surface area contributed by atoms with Crippen LogP contribution in [-0.2, 0) is 11.3 Å². The molecule has 1 amide bonds. The summed E-state index contributed by atoms with van der Waals surface area (Å²) >= 11 is 0. The number of hydrogen-bond donors (Lipinski definition) is 1. The van der Waals surface area contributed by atoms with Gasteiger partial charge in [0.1, 0.15) is 11.6 Å². The lowest BCUT2D eigenvalue weighted by molar-refractivity contribution is 0.102. The van der Waals surface area contributed by atoms with Gasteiger partial charge in [-0.1, -0.05) is 13.3 Å². The van der Waals surface area contributed by atoms with E-state index in [1.807, 2.05) is 6.92 Å². The highest BCUT2D eigenvalue weighted by molar-refractivity contribution is 6.04. The van der Waals surface area contributed by atoms with Crippen LogP contribution in [0.25, 0.3) is 0 Å². The summed E-state index contributed by atoms with van der Waals surface area (Å²) in [5, 5.41) is 2.75. The molecule has 0 aliphatic rings. The number of hydrogen-bond acceptors (Lipinski definition) is 3. The second-order valence-electron chi connectivity index (χ2n) is 5.62. The molecule has 0 saturated carbocycles. The van der Waals surface area contributed by atoms with Crippen LogP contribution in [0, 0.1) is 5.82 Å². The molecule has 0 spiro atoms. The van der Waals surface area contributed by atoms with Crippen LogP contribution in [0.5, 0.6) is 5.75 Å². The molecule has 0 fully saturated rings. The van der Waals surface area contributed by atoms with E-state index in [1.165, 1.54) is 24.3 Å². The molecule has 0 bridgehead atoms. The molecule has 4 nitrogen and oxygen atoms in total. The van der Waals surface area contributed by atoms with Gasteiger partial charge in [0.2, 0.25) is 0 Å². The minimum atomic E-state index is -0.342. The molecule has 0 atom stereocenters. The molecule has 0 aliphatic heterocycles. The number of rotatable bonds is 9. The van der Waals surface area contributed by atoms with E-state index in [0.29, 0.717) is 31.1 Å². The van der Waals surface area contributed by atoms with Crippen LogP contribution in [-0.4, -0.2) is 19.1 Å². The van der Waals surface area contributed by atoms with Gasteiger partial charge in [-0.25, -0.2) is 4.39 Å². The van der Waals surface area contributed by atoms with Crippen molar-refractivity contribution in [3.8, 4) is 5.75 Å². The number of anilines is 1. The van der Waals surface area contributed by atoms with Crippen LogP contribution in [0.4, 0.5) is 10.1 Å². The molecule has 5 heteroatoms. The lowest BCUT2D eigenvalue weighted by atomic mass is 10.1. The Hall–Kier alpha value is -2.40. The maximum atomic E-state index is 12.9. The zero-order chi connectivity index (χ0) is 18.1. The molecule has 2 rings (SSSR count). The summed E-state index contributed by atoms with van der Waals surface area (Å²) in [6.45, 7) is 5.64. The first kappa shape index (κ1) is 18.9. The summed E-state index contributed by atoms with van der Waals surface area (Å²) in [6.07, 6.45) is 2.06. The Morgan fingerprint density at radius 3 is 2.56 bits per heavy atom. The number of carbonyl (C=O) groups is 1. The molecule has 0 unspecified atom stereocenters. The van der Waals surface area contributed by atoms with Crippen LogP contribution < -0.4 is 10.1 Å². The summed E-state index contributed by atoms with van der Waals surface area (Å²) in [5.74, 6) is 0.118. The van der Waals surface area contributed by atoms with E-state index in [-0.39, 0.29) is 11.7 Å². The molecule has 0 aromatic heterocycles. The molecule has 134 valence electrons. The van der Waals surface area contributed by atoms with Crippen LogP contribution in [0.15, 0.2) is 42.5 Å². The fourth-order valence-electron chi connectivity index (χ4n) is 2.29. The SMILES string of the molecule is CCCCOCc1cc(C(=O)Nc2ccc(F)cc2)ccc1OCC. The summed E-state index contributed by atoms with van der Waals surface area (Å²) in [6, 6.07) is 10.9. The molecule has 1 N–H and O–H groups in total. The molecule has 2 aromatic rings. The Bertz CT molecular complexity index is 686. The van der Waals surface area contributed by atoms with E-state index < -0.39 is 0 Å². The summed E-state index contributed by atoms with van der Waals surface area (Å²) < 4.78 is 24.2. The van der Waals surface area contributed by atoms with Crippen LogP contribution in [0.3, 0.4) is 0 Å². The van der Waals surface area contributed by atoms with Gasteiger partial charge in [-0.15, -0.1) is 0 Å². The minimum absolute atomic E-state index is 0.260. The number of carbonyl (C=O) groups excluding carboxylic acids is 1. The smallest absolute Gasteiger partial charge is 0.255 e. The van der Waals surface area contributed by atoms with Crippen molar-refractivity contribution < 1.29 is 18.7 Å². The number of amides is 1. The molecule has 0 heterocycles. The third kappa shape index (κ3) is 5.87. The van der Waals surface area contributed by atoms with Gasteiger partial charge in [-0.05, 0) is 55.8 Å². The average Bonchev–Trinajstić information content (AvgIpc) is 2.62. The monoisotopic (exact) mass is 345 g/mol. The topological polar surface area (TPSA) is 47.6 Å². The first-order valence-electron chi connectivity index (χ1n) is 8.54. The Kier molecular flexibility index (Phi) is 7.41. The zero-order valence-electron chi connectivity index (χ0n) is 14.7. The standard InChI is InChI=1S/C20H24FNO3/c1-3-5-12-24-14-16-13-15(6-11-19(16)25-4-2)20(23)22-18-9-7-17(21)8-10-18/h6-11,13H,3-5,12,14H2,1-2H3,(H,22,23). The molecular formula is C20H24FNO3. The third-order valence-electron chi connectivity index (χ3n) is 3.62. The van der Waals surface area contributed by atoms with Gasteiger partial charge in [-0.3, -0.25) is 4.79 Å². The van der Waals surface area contributed by atoms with Gasteiger partial charge in [-0.2, -0.15) is 0 Å². The Balaban J connectivity index is 2.10. The number of benzene rings is 2. The first-order chi connectivity index (χ1) is 12.1. The molecule has 2 aromatic carbocycles. The predicted molar refractivity (Wildman–Crippen MR) is 96.5 cm³/mol. The fraction of sp³-hybridized carbons (Fsp3) is 0.350. The van der Waals surface area contributed by atoms with Crippen LogP contribution in [0.2, 0.25) is 0 Å². The van der Waals surface area contributed by atoms with E-state index in [4.69, 9.17) is 9.47 Å². The van der Waals surface area contributed by atoms with Crippen molar-refractivity contribution >= 4 is 11.6 Å². The summed E-state index contributed by atoms with van der Waals surface area (Å²) in [4.78, 5) is 12.4. The zero-order valence-corrected chi connectivity index (χ0v) is 14.7. The van der Waals surface area contributed by atoms with E-state index in [1.54, 1.807) is 18.2 Å². The van der Waals surface area contributed by atoms with E-state index in [0.717, 1.165) is 24.2 Å². The Labute approximate surface area is 148 Å². The third-order valence-corrected chi connectivity index (χ3v) is 3.62. The van der Waals surface area contributed by atoms with Gasteiger partial charge in [0.25, 0.3) is 5.91 Å². The minimum Gasteiger partial charge on any atom is -0.494 e. The summed E-state index contributed by atoms with van der Waals surface area (Å²) in [5.41, 5.74) is 1.88. The summed E-state index contributed by atoms with van der Waals surface area (Å²) in [7, 11) is 0. The quantitative estimate of drug-likeness (QED) is 0.665. The molecule has 0 aliphatic carbocycles. The van der Waals surface area contributed by atoms with E-state index in [9.17, 15) is 9.18 Å². The van der Waals surface area contributed by atoms with Crippen molar-refractivity contribution in [2.45, 2.75) is 33.3 Å². The number of unbranched alkanes of at least 4 members (excludes halogenated alkanes) is 1. The second kappa shape index (κ2) is 9.79. The van der Waals surface area contributed by atoms with Crippen molar-refractivity contribution in [3.05, 3.63) is 59.4 Å². The Morgan fingerprint density at radius 2 is 1.88 bits per heavy atom. The van der Waals surface area contributed by atoms with Crippen LogP contribution >= 0.6 is 0 Å². The lowest BCUT2D eigenvalue weighted by Crippen LogP contribution is -2.13. The highest BCUT2D eigenvalue weighted by Gasteiger charge is 2.11. The molecule has 0 radical (unpaired) electrons. The van der Waals surface area contributed by atoms with Crippen molar-refractivity contribution in [2.24, 2.45) is 0 Å². The van der Waals surface area contributed by atoms with Gasteiger partial charge in [0, 0.05) is 23.4 Å². The maximum absolute atomic E-state index is 12.9. The van der Waals surface area contributed by atoms with Gasteiger partial charge in [0.05, 0.1) is 13.2 Å². The van der Waals surface area contributed by atoms with Gasteiger partial charge in [0.15, 0.2) is 0 Å². The number of nitrogens with one attached hydrogen (secondary N) is 1. The van der Waals surface area contributed by atoms with Crippen molar-refractivity contribution in [1.82, 2.24) is 0 Å². The highest BCUT2D eigenvalue weighted by atomic mass is 19.1. The van der Waals surface area contributed by atoms with Crippen LogP contribution in [0.1, 0.15) is 42.6 Å². The second-order valence-corrected chi connectivity index (χ2v) is 5.62. The fourth-order valence-corrected chi connectivity index (χ4v) is 2.29. The van der Waals surface area contributed by atoms with Gasteiger partial charge < -0.3 is 14.8 Å². The maximum Gasteiger partial charge on any atom is 0.255 e. The van der Waals surface area contributed by atoms with Crippen molar-refractivity contribution in [2.75, 3.05) is 18.5 Å². The lowest BCUT2D eigenvalue weighted by Gasteiger charge is -2.13.